The molecule has 4 fully saturated rings. The highest BCUT2D eigenvalue weighted by Gasteiger charge is 2.44. The molecule has 596 valence electrons. The van der Waals surface area contributed by atoms with Gasteiger partial charge in [-0.05, 0) is 133 Å². The lowest BCUT2D eigenvalue weighted by Crippen LogP contribution is -2.78. The fraction of sp³-hybridized carbons (Fsp3) is 0.638. The molecule has 0 bridgehead atoms. The molecule has 12 atom stereocenters. The zero-order chi connectivity index (χ0) is 79.0. The van der Waals surface area contributed by atoms with Crippen LogP contribution in [0.3, 0.4) is 0 Å². The summed E-state index contributed by atoms with van der Waals surface area (Å²) in [5, 5.41) is 49.3. The summed E-state index contributed by atoms with van der Waals surface area (Å²) in [4.78, 5) is 211. The molecule has 25 N–H and O–H groups in total. The summed E-state index contributed by atoms with van der Waals surface area (Å²) >= 11 is 1.42. The number of carboxylic acids is 1. The van der Waals surface area contributed by atoms with E-state index in [0.29, 0.717) is 62.1 Å². The SMILES string of the molecule is CSCC[C@H](NC(=O)[C@@H]1CCCN1C(=O)CNC(=O)[C@H](CCCC[NH3+])NC(=O)[C@H](Cc1cnc[nH]1)NC(=O)[C@H](CO)NC(=O)[C@H](CC(C)C)NC(=O)[C@H](CCC[NH+]=C(N)N)NC(=O)[C@@H]1CCCN1C(=O)[C@H](CCC[NH+]=C(N)N)NC(=O)[C@@H]1CCC(=O)N1)C(=O)N1CCC[C@H]1C(=O)N[C@@H](Cc1ccccc1)C(=O)[O-]. The largest absolute Gasteiger partial charge is 0.548 e. The van der Waals surface area contributed by atoms with Crippen molar-refractivity contribution in [2.45, 2.75) is 208 Å². The maximum Gasteiger partial charge on any atom is 0.338 e. The first-order chi connectivity index (χ1) is 51.6. The second-order valence-corrected chi connectivity index (χ2v) is 28.8. The third kappa shape index (κ3) is 27.2. The maximum atomic E-state index is 14.5. The number of imidazole rings is 1. The van der Waals surface area contributed by atoms with Crippen LogP contribution < -0.4 is 96.9 Å². The first-order valence-corrected chi connectivity index (χ1v) is 38.3. The van der Waals surface area contributed by atoms with Gasteiger partial charge in [0.1, 0.15) is 66.5 Å². The van der Waals surface area contributed by atoms with Crippen LogP contribution in [-0.2, 0) is 80.0 Å². The van der Waals surface area contributed by atoms with Gasteiger partial charge in [-0.15, -0.1) is 0 Å². The van der Waals surface area contributed by atoms with E-state index in [9.17, 15) is 77.3 Å². The summed E-state index contributed by atoms with van der Waals surface area (Å²) in [5.41, 5.74) is 27.3. The van der Waals surface area contributed by atoms with Crippen molar-refractivity contribution in [1.29, 1.82) is 0 Å². The van der Waals surface area contributed by atoms with E-state index in [0.717, 1.165) is 0 Å². The van der Waals surface area contributed by atoms with Crippen LogP contribution in [0.5, 0.6) is 0 Å². The summed E-state index contributed by atoms with van der Waals surface area (Å²) in [6, 6.07) is -6.42. The quantitative estimate of drug-likeness (QED) is 0.0166. The molecule has 2 aromatic rings. The number of thioether (sulfide) groups is 1. The molecular weight excluding hydrogens is 1420 g/mol. The van der Waals surface area contributed by atoms with Crippen molar-refractivity contribution in [2.24, 2.45) is 28.9 Å². The number of quaternary nitrogens is 1. The van der Waals surface area contributed by atoms with Crippen LogP contribution in [0.15, 0.2) is 42.9 Å². The number of aliphatic carboxylic acids is 1. The summed E-state index contributed by atoms with van der Waals surface area (Å²) in [7, 11) is 0. The van der Waals surface area contributed by atoms with Crippen LogP contribution in [0, 0.1) is 5.92 Å². The average Bonchev–Trinajstić information content (AvgIpc) is 1.65. The van der Waals surface area contributed by atoms with Crippen molar-refractivity contribution in [3.8, 4) is 0 Å². The normalized spacial score (nSPS) is 19.0. The van der Waals surface area contributed by atoms with Gasteiger partial charge in [0.25, 0.3) is 0 Å². The van der Waals surface area contributed by atoms with Crippen molar-refractivity contribution in [1.82, 2.24) is 77.8 Å². The first-order valence-electron chi connectivity index (χ1n) is 36.9. The van der Waals surface area contributed by atoms with Crippen molar-refractivity contribution >= 4 is 106 Å². The molecule has 5 heterocycles. The van der Waals surface area contributed by atoms with Gasteiger partial charge in [-0.25, -0.2) is 4.98 Å². The lowest BCUT2D eigenvalue weighted by Gasteiger charge is -2.31. The predicted octanol–water partition coefficient (Wildman–Crippen LogP) is -11.3. The van der Waals surface area contributed by atoms with E-state index in [1.54, 1.807) is 44.2 Å². The highest BCUT2D eigenvalue weighted by molar-refractivity contribution is 7.98. The number of amides is 13. The second kappa shape index (κ2) is 44.2. The smallest absolute Gasteiger partial charge is 0.338 e. The van der Waals surface area contributed by atoms with E-state index in [1.165, 1.54) is 39.0 Å². The fourth-order valence-electron chi connectivity index (χ4n) is 13.4. The predicted molar refractivity (Wildman–Crippen MR) is 389 cm³/mol. The standard InChI is InChI=1S/C69H108N22O16S/c1-39(2)32-47(85-57(96)43(17-9-26-76-68(71)72)82-63(102)52-20-12-29-90(52)65(104)45(18-10-27-77-69(73)74)83-58(97)44-22-23-54(93)80-44)59(98)88-50(37-92)61(100)86-48(34-41-35-75-38-79-41)60(99)81-42(16-7-8-25-70)56(95)78-36-55(94)89-28-11-19-51(89)62(101)84-46(24-31-108-3)66(105)91-30-13-21-53(91)64(103)87-49(67(106)107)33-40-14-5-4-6-15-40/h4-6,14-15,35,38-39,42-53,92H,7-13,16-34,36-37,70H2,1-3H3,(H,75,79)(H,78,95)(H,80,93)(H,81,99)(H,82,102)(H,83,97)(H,84,101)(H,85,96)(H,86,100)(H,87,103)(H,88,98)(H,106,107)(H4,71,72,76)(H4,73,74,77)/p+2/t42-,43-,44-,45-,46-,47-,48-,49-,50-,51-,52-,53-/m0/s1. The molecule has 39 heteroatoms. The van der Waals surface area contributed by atoms with E-state index in [2.05, 4.69) is 78.9 Å². The number of nitrogens with zero attached hydrogens (tertiary/aromatic N) is 4. The molecule has 0 radical (unpaired) electrons. The number of guanidine groups is 2. The molecule has 0 saturated carbocycles. The number of hydrogen-bond acceptors (Lipinski definition) is 18. The van der Waals surface area contributed by atoms with E-state index >= 15 is 0 Å². The average molecular weight is 1540 g/mol. The summed E-state index contributed by atoms with van der Waals surface area (Å²) in [5.74, 6) is -10.8. The number of aromatic amines is 1. The van der Waals surface area contributed by atoms with Crippen LogP contribution in [0.4, 0.5) is 0 Å². The molecule has 4 saturated heterocycles. The van der Waals surface area contributed by atoms with Gasteiger partial charge < -0.3 is 93.6 Å². The Labute approximate surface area is 630 Å². The van der Waals surface area contributed by atoms with Crippen LogP contribution >= 0.6 is 11.8 Å². The number of aliphatic hydroxyl groups is 1. The number of nitrogens with two attached hydrogens (primary N) is 4. The number of unbranched alkanes of at least 4 members (excludes halogenated alkanes) is 1. The Morgan fingerprint density at radius 1 is 0.602 bits per heavy atom. The van der Waals surface area contributed by atoms with Gasteiger partial charge in [-0.2, -0.15) is 11.8 Å². The van der Waals surface area contributed by atoms with E-state index in [1.807, 2.05) is 6.26 Å². The van der Waals surface area contributed by atoms with Crippen LogP contribution in [0.25, 0.3) is 0 Å². The van der Waals surface area contributed by atoms with Crippen molar-refractivity contribution in [3.05, 3.63) is 54.1 Å². The second-order valence-electron chi connectivity index (χ2n) is 27.8. The Balaban J connectivity index is 1.10. The molecule has 0 spiro atoms. The van der Waals surface area contributed by atoms with Gasteiger partial charge in [0.2, 0.25) is 76.8 Å². The summed E-state index contributed by atoms with van der Waals surface area (Å²) in [6.07, 6.45) is 7.98. The molecular formula is C69H110N22O16S+2. The molecule has 4 aliphatic rings. The molecule has 13 amide bonds. The number of rotatable bonds is 44. The molecule has 108 heavy (non-hydrogen) atoms. The van der Waals surface area contributed by atoms with Crippen molar-refractivity contribution in [3.63, 3.8) is 0 Å². The Morgan fingerprint density at radius 2 is 1.09 bits per heavy atom. The number of carbonyl (C=O) groups is 14. The van der Waals surface area contributed by atoms with Gasteiger partial charge in [0.15, 0.2) is 0 Å². The highest BCUT2D eigenvalue weighted by atomic mass is 32.2. The third-order valence-corrected chi connectivity index (χ3v) is 19.7. The fourth-order valence-corrected chi connectivity index (χ4v) is 13.8. The van der Waals surface area contributed by atoms with E-state index in [4.69, 9.17) is 22.9 Å². The number of carboxylic acid groups (broad SMARTS) is 1. The minimum absolute atomic E-state index is 0.0332. The Kier molecular flexibility index (Phi) is 35.5. The molecule has 1 aromatic carbocycles. The zero-order valence-electron chi connectivity index (χ0n) is 61.6. The first kappa shape index (κ1) is 86.7. The Bertz CT molecular complexity index is 3470. The molecule has 6 rings (SSSR count). The Hall–Kier alpha value is -10.2. The van der Waals surface area contributed by atoms with Crippen LogP contribution in [-0.4, -0.2) is 261 Å². The number of H-pyrrole nitrogens is 1. The number of hydrogen-bond donors (Lipinski definition) is 19. The molecule has 4 aliphatic heterocycles. The minimum atomic E-state index is -1.76. The molecule has 0 unspecified atom stereocenters. The number of carbonyl (C=O) groups excluding carboxylic acids is 14. The molecule has 0 aliphatic carbocycles. The van der Waals surface area contributed by atoms with Gasteiger partial charge >= 0.3 is 11.9 Å². The zero-order valence-corrected chi connectivity index (χ0v) is 62.4. The number of aromatic nitrogens is 2. The van der Waals surface area contributed by atoms with E-state index in [-0.39, 0.29) is 140 Å². The molecule has 1 aromatic heterocycles. The van der Waals surface area contributed by atoms with Gasteiger partial charge in [0.05, 0.1) is 51.1 Å². The topological polar surface area (TPSA) is 601 Å². The number of nitrogens with one attached hydrogen (secondary N) is 13. The number of likely N-dealkylation sites (tertiary alicyclic amines) is 3. The van der Waals surface area contributed by atoms with Gasteiger partial charge in [0, 0.05) is 44.4 Å². The van der Waals surface area contributed by atoms with Crippen LogP contribution in [0.2, 0.25) is 0 Å². The lowest BCUT2D eigenvalue weighted by molar-refractivity contribution is -0.460. The Morgan fingerprint density at radius 3 is 1.63 bits per heavy atom. The van der Waals surface area contributed by atoms with E-state index < -0.39 is 163 Å². The van der Waals surface area contributed by atoms with Crippen LogP contribution in [0.1, 0.15) is 134 Å². The monoisotopic (exact) mass is 1530 g/mol. The maximum absolute atomic E-state index is 14.5. The number of aliphatic hydroxyl groups excluding tert-OH is 1. The molecule has 38 nitrogen and oxygen atoms in total. The van der Waals surface area contributed by atoms with Gasteiger partial charge in [-0.1, -0.05) is 44.2 Å². The van der Waals surface area contributed by atoms with Crippen molar-refractivity contribution < 1.29 is 93.1 Å². The lowest BCUT2D eigenvalue weighted by atomic mass is 10.0. The number of benzene rings is 1. The minimum Gasteiger partial charge on any atom is -0.548 e. The summed E-state index contributed by atoms with van der Waals surface area (Å²) < 4.78 is 0. The van der Waals surface area contributed by atoms with Crippen molar-refractivity contribution in [2.75, 3.05) is 64.4 Å². The highest BCUT2D eigenvalue weighted by Crippen LogP contribution is 2.24. The summed E-state index contributed by atoms with van der Waals surface area (Å²) in [6.45, 7) is 3.13. The third-order valence-electron chi connectivity index (χ3n) is 19.0. The van der Waals surface area contributed by atoms with Gasteiger partial charge in [-0.3, -0.25) is 95.2 Å².